The highest BCUT2D eigenvalue weighted by molar-refractivity contribution is 5.61. The third kappa shape index (κ3) is 5.55. The van der Waals surface area contributed by atoms with Crippen LogP contribution in [0, 0.1) is 23.7 Å². The number of hydrogen-bond donors (Lipinski definition) is 0. The van der Waals surface area contributed by atoms with Crippen molar-refractivity contribution >= 4 is 6.08 Å². The van der Waals surface area contributed by atoms with Crippen LogP contribution in [-0.2, 0) is 0 Å². The standard InChI is InChI=1S/C18H20O2/c1-5-7-11-19-17-9-10-18(20-12-8-6-2)16(14-17)13-15(3)4/h9-10,13-14H,11-12H2,1-4H3. The molecule has 0 aromatic heterocycles. The molecular weight excluding hydrogens is 248 g/mol. The van der Waals surface area contributed by atoms with Crippen molar-refractivity contribution in [3.05, 3.63) is 29.3 Å². The summed E-state index contributed by atoms with van der Waals surface area (Å²) in [4.78, 5) is 0. The molecule has 0 fully saturated rings. The van der Waals surface area contributed by atoms with Crippen LogP contribution in [-0.4, -0.2) is 13.2 Å². The van der Waals surface area contributed by atoms with Gasteiger partial charge in [0.25, 0.3) is 0 Å². The summed E-state index contributed by atoms with van der Waals surface area (Å²) in [7, 11) is 0. The predicted molar refractivity (Wildman–Crippen MR) is 83.7 cm³/mol. The minimum Gasteiger partial charge on any atom is -0.481 e. The monoisotopic (exact) mass is 268 g/mol. The molecule has 0 bridgehead atoms. The van der Waals surface area contributed by atoms with Crippen molar-refractivity contribution in [3.8, 4) is 35.2 Å². The minimum absolute atomic E-state index is 0.390. The maximum atomic E-state index is 5.66. The highest BCUT2D eigenvalue weighted by Crippen LogP contribution is 2.26. The van der Waals surface area contributed by atoms with Crippen molar-refractivity contribution < 1.29 is 9.47 Å². The van der Waals surface area contributed by atoms with Gasteiger partial charge in [-0.2, -0.15) is 0 Å². The van der Waals surface area contributed by atoms with E-state index in [9.17, 15) is 0 Å². The Morgan fingerprint density at radius 3 is 2.30 bits per heavy atom. The van der Waals surface area contributed by atoms with Crippen LogP contribution in [0.2, 0.25) is 0 Å². The number of ether oxygens (including phenoxy) is 2. The van der Waals surface area contributed by atoms with E-state index in [1.165, 1.54) is 5.57 Å². The summed E-state index contributed by atoms with van der Waals surface area (Å²) in [6.07, 6.45) is 2.06. The molecule has 0 saturated heterocycles. The maximum absolute atomic E-state index is 5.66. The van der Waals surface area contributed by atoms with Crippen molar-refractivity contribution in [2.45, 2.75) is 27.7 Å². The van der Waals surface area contributed by atoms with Crippen LogP contribution >= 0.6 is 0 Å². The summed E-state index contributed by atoms with van der Waals surface area (Å²) in [5.41, 5.74) is 2.19. The van der Waals surface area contributed by atoms with E-state index in [-0.39, 0.29) is 0 Å². The Balaban J connectivity index is 2.94. The molecule has 0 atom stereocenters. The Labute approximate surface area is 121 Å². The molecular formula is C18H20O2. The van der Waals surface area contributed by atoms with Crippen LogP contribution in [0.3, 0.4) is 0 Å². The lowest BCUT2D eigenvalue weighted by Crippen LogP contribution is -1.98. The van der Waals surface area contributed by atoms with Crippen LogP contribution < -0.4 is 9.47 Å². The first-order chi connectivity index (χ1) is 9.67. The molecule has 1 aromatic rings. The zero-order valence-electron chi connectivity index (χ0n) is 12.5. The van der Waals surface area contributed by atoms with Gasteiger partial charge in [-0.15, -0.1) is 11.8 Å². The molecule has 1 rings (SSSR count). The molecule has 0 heterocycles. The predicted octanol–water partition coefficient (Wildman–Crippen LogP) is 3.91. The van der Waals surface area contributed by atoms with Crippen LogP contribution in [0.1, 0.15) is 33.3 Å². The Morgan fingerprint density at radius 1 is 1.05 bits per heavy atom. The fourth-order valence-corrected chi connectivity index (χ4v) is 1.55. The van der Waals surface area contributed by atoms with Gasteiger partial charge in [0.05, 0.1) is 0 Å². The van der Waals surface area contributed by atoms with Gasteiger partial charge in [-0.1, -0.05) is 23.5 Å². The molecule has 0 aliphatic carbocycles. The molecule has 0 radical (unpaired) electrons. The van der Waals surface area contributed by atoms with E-state index in [2.05, 4.69) is 29.8 Å². The fourth-order valence-electron chi connectivity index (χ4n) is 1.55. The van der Waals surface area contributed by atoms with Gasteiger partial charge >= 0.3 is 0 Å². The van der Waals surface area contributed by atoms with E-state index in [1.54, 1.807) is 13.8 Å². The van der Waals surface area contributed by atoms with Gasteiger partial charge < -0.3 is 9.47 Å². The summed E-state index contributed by atoms with van der Waals surface area (Å²) in [5.74, 6) is 13.0. The van der Waals surface area contributed by atoms with Crippen molar-refractivity contribution in [2.24, 2.45) is 0 Å². The second kappa shape index (κ2) is 8.73. The number of benzene rings is 1. The highest BCUT2D eigenvalue weighted by atomic mass is 16.5. The lowest BCUT2D eigenvalue weighted by molar-refractivity contribution is 0.359. The SMILES string of the molecule is CC#CCOc1ccc(OCC#CC)c(C=C(C)C)c1. The second-order valence-corrected chi connectivity index (χ2v) is 4.35. The number of hydrogen-bond acceptors (Lipinski definition) is 2. The number of allylic oxidation sites excluding steroid dienone is 1. The Morgan fingerprint density at radius 2 is 1.70 bits per heavy atom. The molecule has 1 aromatic carbocycles. The molecule has 0 unspecified atom stereocenters. The van der Waals surface area contributed by atoms with E-state index in [1.807, 2.05) is 32.0 Å². The normalized spacial score (nSPS) is 8.60. The van der Waals surface area contributed by atoms with Gasteiger partial charge in [-0.05, 0) is 45.9 Å². The molecule has 0 saturated carbocycles. The van der Waals surface area contributed by atoms with Gasteiger partial charge in [-0.3, -0.25) is 0 Å². The zero-order valence-corrected chi connectivity index (χ0v) is 12.5. The molecule has 2 nitrogen and oxygen atoms in total. The first kappa shape index (κ1) is 15.7. The third-order valence-electron chi connectivity index (χ3n) is 2.39. The van der Waals surface area contributed by atoms with Crippen LogP contribution in [0.15, 0.2) is 23.8 Å². The molecule has 0 spiro atoms. The molecule has 104 valence electrons. The van der Waals surface area contributed by atoms with Crippen molar-refractivity contribution in [3.63, 3.8) is 0 Å². The average Bonchev–Trinajstić information content (AvgIpc) is 2.41. The summed E-state index contributed by atoms with van der Waals surface area (Å²) >= 11 is 0. The first-order valence-corrected chi connectivity index (χ1v) is 6.51. The zero-order chi connectivity index (χ0) is 14.8. The highest BCUT2D eigenvalue weighted by Gasteiger charge is 2.04. The van der Waals surface area contributed by atoms with Crippen molar-refractivity contribution in [2.75, 3.05) is 13.2 Å². The molecule has 20 heavy (non-hydrogen) atoms. The Hall–Kier alpha value is -2.32. The van der Waals surface area contributed by atoms with Gasteiger partial charge in [-0.25, -0.2) is 0 Å². The second-order valence-electron chi connectivity index (χ2n) is 4.35. The Bertz CT molecular complexity index is 585. The minimum atomic E-state index is 0.390. The van der Waals surface area contributed by atoms with Gasteiger partial charge in [0.15, 0.2) is 0 Å². The topological polar surface area (TPSA) is 18.5 Å². The van der Waals surface area contributed by atoms with E-state index in [0.29, 0.717) is 13.2 Å². The fraction of sp³-hybridized carbons (Fsp3) is 0.333. The van der Waals surface area contributed by atoms with Crippen molar-refractivity contribution in [1.29, 1.82) is 0 Å². The summed E-state index contributed by atoms with van der Waals surface area (Å²) in [5, 5.41) is 0. The van der Waals surface area contributed by atoms with E-state index in [4.69, 9.17) is 9.47 Å². The summed E-state index contributed by atoms with van der Waals surface area (Å²) in [6.45, 7) is 8.47. The van der Waals surface area contributed by atoms with E-state index < -0.39 is 0 Å². The molecule has 2 heteroatoms. The quantitative estimate of drug-likeness (QED) is 0.754. The summed E-state index contributed by atoms with van der Waals surface area (Å²) in [6, 6.07) is 5.74. The van der Waals surface area contributed by atoms with Gasteiger partial charge in [0.2, 0.25) is 0 Å². The van der Waals surface area contributed by atoms with Crippen LogP contribution in [0.5, 0.6) is 11.5 Å². The number of rotatable bonds is 5. The van der Waals surface area contributed by atoms with Crippen LogP contribution in [0.25, 0.3) is 6.08 Å². The average molecular weight is 268 g/mol. The largest absolute Gasteiger partial charge is 0.481 e. The maximum Gasteiger partial charge on any atom is 0.149 e. The molecule has 0 N–H and O–H groups in total. The van der Waals surface area contributed by atoms with Crippen molar-refractivity contribution in [1.82, 2.24) is 0 Å². The third-order valence-corrected chi connectivity index (χ3v) is 2.39. The molecule has 0 amide bonds. The van der Waals surface area contributed by atoms with Gasteiger partial charge in [0, 0.05) is 5.56 Å². The molecule has 0 aliphatic rings. The lowest BCUT2D eigenvalue weighted by Gasteiger charge is -2.10. The van der Waals surface area contributed by atoms with E-state index in [0.717, 1.165) is 17.1 Å². The Kier molecular flexibility index (Phi) is 6.87. The lowest BCUT2D eigenvalue weighted by atomic mass is 10.1. The molecule has 0 aliphatic heterocycles. The first-order valence-electron chi connectivity index (χ1n) is 6.51. The van der Waals surface area contributed by atoms with Crippen LogP contribution in [0.4, 0.5) is 0 Å². The van der Waals surface area contributed by atoms with Gasteiger partial charge in [0.1, 0.15) is 24.7 Å². The van der Waals surface area contributed by atoms with E-state index >= 15 is 0 Å². The smallest absolute Gasteiger partial charge is 0.149 e. The summed E-state index contributed by atoms with van der Waals surface area (Å²) < 4.78 is 11.2.